The summed E-state index contributed by atoms with van der Waals surface area (Å²) in [4.78, 5) is 23.7. The summed E-state index contributed by atoms with van der Waals surface area (Å²) >= 11 is 12.4. The van der Waals surface area contributed by atoms with Gasteiger partial charge in [-0.3, -0.25) is 9.97 Å². The lowest BCUT2D eigenvalue weighted by Gasteiger charge is -2.25. The minimum absolute atomic E-state index is 0.303. The Kier molecular flexibility index (Phi) is 6.37. The minimum atomic E-state index is -0.386. The molecule has 0 radical (unpaired) electrons. The van der Waals surface area contributed by atoms with E-state index in [1.807, 2.05) is 19.9 Å². The van der Waals surface area contributed by atoms with E-state index in [0.717, 1.165) is 29.7 Å². The van der Waals surface area contributed by atoms with Gasteiger partial charge < -0.3 is 9.64 Å². The maximum atomic E-state index is 12.6. The molecule has 0 bridgehead atoms. The lowest BCUT2D eigenvalue weighted by Crippen LogP contribution is -2.25. The van der Waals surface area contributed by atoms with Gasteiger partial charge in [0.2, 0.25) is 0 Å². The number of anilines is 1. The Morgan fingerprint density at radius 1 is 1.07 bits per heavy atom. The number of fused-ring (bicyclic) bond motifs is 1. The van der Waals surface area contributed by atoms with Crippen molar-refractivity contribution < 1.29 is 9.53 Å². The lowest BCUT2D eigenvalue weighted by molar-refractivity contribution is 0.0527. The topological polar surface area (TPSA) is 55.3 Å². The van der Waals surface area contributed by atoms with E-state index in [4.69, 9.17) is 27.9 Å². The lowest BCUT2D eigenvalue weighted by atomic mass is 10.0. The molecule has 0 unspecified atom stereocenters. The van der Waals surface area contributed by atoms with Crippen LogP contribution in [0.4, 0.5) is 5.69 Å². The SMILES string of the molecule is CCOC(=O)c1cnc2c(-c3cc(Cl)cc(Cl)c3)nccc2c1N(CC)CC. The van der Waals surface area contributed by atoms with Gasteiger partial charge in [-0.15, -0.1) is 0 Å². The summed E-state index contributed by atoms with van der Waals surface area (Å²) in [5.41, 5.74) is 3.34. The average molecular weight is 418 g/mol. The molecule has 0 atom stereocenters. The first-order chi connectivity index (χ1) is 13.5. The van der Waals surface area contributed by atoms with Gasteiger partial charge in [0.05, 0.1) is 23.5 Å². The first-order valence-corrected chi connectivity index (χ1v) is 9.91. The van der Waals surface area contributed by atoms with Crippen molar-refractivity contribution in [1.82, 2.24) is 9.97 Å². The van der Waals surface area contributed by atoms with E-state index in [1.165, 1.54) is 0 Å². The largest absolute Gasteiger partial charge is 0.462 e. The van der Waals surface area contributed by atoms with E-state index in [9.17, 15) is 4.79 Å². The summed E-state index contributed by atoms with van der Waals surface area (Å²) in [6, 6.07) is 7.14. The van der Waals surface area contributed by atoms with Crippen LogP contribution in [-0.2, 0) is 4.74 Å². The number of carbonyl (C=O) groups is 1. The average Bonchev–Trinajstić information content (AvgIpc) is 2.67. The van der Waals surface area contributed by atoms with E-state index in [-0.39, 0.29) is 5.97 Å². The fourth-order valence-electron chi connectivity index (χ4n) is 3.25. The summed E-state index contributed by atoms with van der Waals surface area (Å²) in [6.45, 7) is 7.66. The van der Waals surface area contributed by atoms with Gasteiger partial charge >= 0.3 is 5.97 Å². The predicted molar refractivity (Wildman–Crippen MR) is 115 cm³/mol. The van der Waals surface area contributed by atoms with Crippen LogP contribution in [0.2, 0.25) is 10.0 Å². The van der Waals surface area contributed by atoms with E-state index in [0.29, 0.717) is 33.4 Å². The molecule has 0 amide bonds. The van der Waals surface area contributed by atoms with Crippen LogP contribution >= 0.6 is 23.2 Å². The quantitative estimate of drug-likeness (QED) is 0.486. The molecule has 7 heteroatoms. The summed E-state index contributed by atoms with van der Waals surface area (Å²) in [5, 5.41) is 1.87. The second-order valence-corrected chi connectivity index (χ2v) is 7.00. The highest BCUT2D eigenvalue weighted by atomic mass is 35.5. The molecule has 0 N–H and O–H groups in total. The summed E-state index contributed by atoms with van der Waals surface area (Å²) < 4.78 is 5.25. The molecule has 0 aliphatic carbocycles. The van der Waals surface area contributed by atoms with Gasteiger partial charge in [-0.1, -0.05) is 23.2 Å². The predicted octanol–water partition coefficient (Wildman–Crippen LogP) is 5.63. The molecule has 2 aromatic heterocycles. The van der Waals surface area contributed by atoms with Crippen LogP contribution in [-0.4, -0.2) is 35.6 Å². The molecule has 0 saturated heterocycles. The molecule has 0 spiro atoms. The van der Waals surface area contributed by atoms with Gasteiger partial charge in [-0.05, 0) is 45.0 Å². The number of nitrogens with zero attached hydrogens (tertiary/aromatic N) is 3. The van der Waals surface area contributed by atoms with Crippen LogP contribution in [0.5, 0.6) is 0 Å². The summed E-state index contributed by atoms with van der Waals surface area (Å²) in [6.07, 6.45) is 3.27. The van der Waals surface area contributed by atoms with Crippen molar-refractivity contribution in [3.05, 3.63) is 52.3 Å². The second-order valence-electron chi connectivity index (χ2n) is 6.13. The van der Waals surface area contributed by atoms with E-state index >= 15 is 0 Å². The molecule has 3 aromatic rings. The maximum Gasteiger partial charge on any atom is 0.341 e. The van der Waals surface area contributed by atoms with Crippen molar-refractivity contribution in [1.29, 1.82) is 0 Å². The number of ether oxygens (including phenoxy) is 1. The standard InChI is InChI=1S/C21H21Cl2N3O2/c1-4-26(5-2)20-16-7-8-24-18(13-9-14(22)11-15(23)10-13)19(16)25-12-17(20)21(27)28-6-3/h7-12H,4-6H2,1-3H3. The van der Waals surface area contributed by atoms with Gasteiger partial charge in [-0.25, -0.2) is 4.79 Å². The van der Waals surface area contributed by atoms with Crippen molar-refractivity contribution in [2.45, 2.75) is 20.8 Å². The van der Waals surface area contributed by atoms with Crippen LogP contribution < -0.4 is 4.90 Å². The highest BCUT2D eigenvalue weighted by molar-refractivity contribution is 6.35. The highest BCUT2D eigenvalue weighted by Crippen LogP contribution is 2.35. The van der Waals surface area contributed by atoms with Crippen LogP contribution in [0, 0.1) is 0 Å². The molecule has 28 heavy (non-hydrogen) atoms. The van der Waals surface area contributed by atoms with Crippen molar-refractivity contribution in [3.8, 4) is 11.3 Å². The molecule has 2 heterocycles. The third kappa shape index (κ3) is 3.91. The molecule has 0 aliphatic heterocycles. The Hall–Kier alpha value is -2.37. The third-order valence-electron chi connectivity index (χ3n) is 4.47. The smallest absolute Gasteiger partial charge is 0.341 e. The number of halogens is 2. The Morgan fingerprint density at radius 2 is 1.75 bits per heavy atom. The third-order valence-corrected chi connectivity index (χ3v) is 4.90. The van der Waals surface area contributed by atoms with Crippen molar-refractivity contribution >= 4 is 45.8 Å². The first kappa shape index (κ1) is 20.4. The number of rotatable bonds is 6. The van der Waals surface area contributed by atoms with Gasteiger partial charge in [0.15, 0.2) is 0 Å². The van der Waals surface area contributed by atoms with E-state index in [1.54, 1.807) is 37.5 Å². The zero-order chi connectivity index (χ0) is 20.3. The Labute approximate surface area is 174 Å². The van der Waals surface area contributed by atoms with Gasteiger partial charge in [0.1, 0.15) is 5.56 Å². The molecule has 0 fully saturated rings. The number of esters is 1. The van der Waals surface area contributed by atoms with Crippen molar-refractivity contribution in [2.75, 3.05) is 24.6 Å². The fraction of sp³-hybridized carbons (Fsp3) is 0.286. The van der Waals surface area contributed by atoms with Gasteiger partial charge in [0.25, 0.3) is 0 Å². The number of pyridine rings is 2. The van der Waals surface area contributed by atoms with Crippen LogP contribution in [0.3, 0.4) is 0 Å². The number of hydrogen-bond acceptors (Lipinski definition) is 5. The number of carbonyl (C=O) groups excluding carboxylic acids is 1. The monoisotopic (exact) mass is 417 g/mol. The molecular weight excluding hydrogens is 397 g/mol. The van der Waals surface area contributed by atoms with E-state index in [2.05, 4.69) is 14.9 Å². The highest BCUT2D eigenvalue weighted by Gasteiger charge is 2.22. The molecule has 0 saturated carbocycles. The van der Waals surface area contributed by atoms with Crippen LogP contribution in [0.1, 0.15) is 31.1 Å². The zero-order valence-electron chi connectivity index (χ0n) is 16.0. The molecule has 1 aromatic carbocycles. The van der Waals surface area contributed by atoms with Crippen LogP contribution in [0.25, 0.3) is 22.2 Å². The van der Waals surface area contributed by atoms with Gasteiger partial charge in [0, 0.05) is 46.5 Å². The van der Waals surface area contributed by atoms with Crippen molar-refractivity contribution in [2.24, 2.45) is 0 Å². The Bertz CT molecular complexity index is 1000. The second kappa shape index (κ2) is 8.76. The molecule has 146 valence electrons. The van der Waals surface area contributed by atoms with Crippen LogP contribution in [0.15, 0.2) is 36.7 Å². The number of benzene rings is 1. The molecule has 0 aliphatic rings. The summed E-state index contributed by atoms with van der Waals surface area (Å²) in [7, 11) is 0. The minimum Gasteiger partial charge on any atom is -0.462 e. The normalized spacial score (nSPS) is 10.9. The summed E-state index contributed by atoms with van der Waals surface area (Å²) in [5.74, 6) is -0.386. The molecule has 3 rings (SSSR count). The Balaban J connectivity index is 2.31. The molecular formula is C21H21Cl2N3O2. The first-order valence-electron chi connectivity index (χ1n) is 9.16. The van der Waals surface area contributed by atoms with Crippen molar-refractivity contribution in [3.63, 3.8) is 0 Å². The molecule has 5 nitrogen and oxygen atoms in total. The number of aromatic nitrogens is 2. The van der Waals surface area contributed by atoms with E-state index < -0.39 is 0 Å². The maximum absolute atomic E-state index is 12.6. The van der Waals surface area contributed by atoms with Gasteiger partial charge in [-0.2, -0.15) is 0 Å². The number of hydrogen-bond donors (Lipinski definition) is 0. The zero-order valence-corrected chi connectivity index (χ0v) is 17.5. The fourth-order valence-corrected chi connectivity index (χ4v) is 3.78. The Morgan fingerprint density at radius 3 is 2.36 bits per heavy atom.